The number of H-pyrrole nitrogens is 1. The number of benzene rings is 2. The Balaban J connectivity index is 1.94. The molecule has 7 heteroatoms. The molecular weight excluding hydrogens is 346 g/mol. The predicted octanol–water partition coefficient (Wildman–Crippen LogP) is 3.70. The monoisotopic (exact) mass is 361 g/mol. The van der Waals surface area contributed by atoms with Gasteiger partial charge in [0.1, 0.15) is 11.5 Å². The second-order valence-electron chi connectivity index (χ2n) is 5.94. The van der Waals surface area contributed by atoms with Gasteiger partial charge in [0.05, 0.1) is 29.4 Å². The van der Waals surface area contributed by atoms with Crippen molar-refractivity contribution in [3.63, 3.8) is 0 Å². The predicted molar refractivity (Wildman–Crippen MR) is 99.9 cm³/mol. The summed E-state index contributed by atoms with van der Waals surface area (Å²) in [6, 6.07) is 15.2. The van der Waals surface area contributed by atoms with Crippen molar-refractivity contribution in [3.05, 3.63) is 60.2 Å². The number of nitrogens with zero attached hydrogens (tertiary/aromatic N) is 2. The van der Waals surface area contributed by atoms with E-state index in [1.54, 1.807) is 31.4 Å². The number of rotatable bonds is 4. The minimum Gasteiger partial charge on any atom is -0.508 e. The number of aromatic nitrogens is 3. The third-order valence-corrected chi connectivity index (χ3v) is 4.28. The quantitative estimate of drug-likeness (QED) is 0.511. The van der Waals surface area contributed by atoms with E-state index in [0.717, 1.165) is 5.56 Å². The number of methoxy groups -OCH3 is 1. The Labute approximate surface area is 153 Å². The fraction of sp³-hybridized carbons (Fsp3) is 0.0500. The van der Waals surface area contributed by atoms with Crippen LogP contribution in [0.4, 0.5) is 0 Å². The van der Waals surface area contributed by atoms with E-state index in [2.05, 4.69) is 15.2 Å². The smallest absolute Gasteiger partial charge is 0.336 e. The van der Waals surface area contributed by atoms with Crippen LogP contribution in [0, 0.1) is 0 Å². The summed E-state index contributed by atoms with van der Waals surface area (Å²) < 4.78 is 5.24. The molecule has 0 fully saturated rings. The third-order valence-electron chi connectivity index (χ3n) is 4.28. The maximum Gasteiger partial charge on any atom is 0.336 e. The average molecular weight is 361 g/mol. The van der Waals surface area contributed by atoms with Crippen molar-refractivity contribution in [1.29, 1.82) is 0 Å². The molecule has 0 unspecified atom stereocenters. The summed E-state index contributed by atoms with van der Waals surface area (Å²) in [5.41, 5.74) is 2.85. The highest BCUT2D eigenvalue weighted by atomic mass is 16.5. The lowest BCUT2D eigenvalue weighted by Crippen LogP contribution is -2.00. The first kappa shape index (κ1) is 16.6. The Hall–Kier alpha value is -3.87. The largest absolute Gasteiger partial charge is 0.508 e. The molecule has 2 aromatic carbocycles. The molecule has 0 atom stereocenters. The number of nitrogens with one attached hydrogen (secondary N) is 1. The molecule has 4 aromatic rings. The molecule has 2 aromatic heterocycles. The number of hydrogen-bond donors (Lipinski definition) is 3. The molecule has 0 aliphatic heterocycles. The van der Waals surface area contributed by atoms with Crippen LogP contribution in [0.2, 0.25) is 0 Å². The number of carboxylic acids is 1. The summed E-state index contributed by atoms with van der Waals surface area (Å²) >= 11 is 0. The summed E-state index contributed by atoms with van der Waals surface area (Å²) in [6.45, 7) is 0. The van der Waals surface area contributed by atoms with Crippen LogP contribution in [-0.4, -0.2) is 38.5 Å². The Bertz CT molecular complexity index is 1150. The number of aromatic carboxylic acids is 1. The maximum atomic E-state index is 11.9. The van der Waals surface area contributed by atoms with Crippen molar-refractivity contribution >= 4 is 17.0 Å². The number of phenols is 1. The van der Waals surface area contributed by atoms with Crippen molar-refractivity contribution < 1.29 is 19.7 Å². The van der Waals surface area contributed by atoms with E-state index in [-0.39, 0.29) is 11.3 Å². The van der Waals surface area contributed by atoms with E-state index in [0.29, 0.717) is 33.7 Å². The van der Waals surface area contributed by atoms with Gasteiger partial charge in [-0.05, 0) is 42.5 Å². The fourth-order valence-corrected chi connectivity index (χ4v) is 2.96. The van der Waals surface area contributed by atoms with Crippen LogP contribution in [0.1, 0.15) is 10.4 Å². The second-order valence-corrected chi connectivity index (χ2v) is 5.94. The summed E-state index contributed by atoms with van der Waals surface area (Å²) in [7, 11) is 1.57. The molecule has 3 N–H and O–H groups in total. The van der Waals surface area contributed by atoms with Gasteiger partial charge in [0.25, 0.3) is 0 Å². The number of carboxylic acid groups (broad SMARTS) is 1. The van der Waals surface area contributed by atoms with Crippen molar-refractivity contribution in [3.8, 4) is 34.0 Å². The van der Waals surface area contributed by atoms with Gasteiger partial charge >= 0.3 is 5.97 Å². The van der Waals surface area contributed by atoms with Gasteiger partial charge in [0, 0.05) is 11.1 Å². The molecule has 0 amide bonds. The summed E-state index contributed by atoms with van der Waals surface area (Å²) in [5.74, 6) is -0.299. The Morgan fingerprint density at radius 3 is 2.56 bits per heavy atom. The van der Waals surface area contributed by atoms with Gasteiger partial charge in [-0.1, -0.05) is 12.1 Å². The zero-order chi connectivity index (χ0) is 19.0. The van der Waals surface area contributed by atoms with E-state index in [1.165, 1.54) is 18.2 Å². The molecular formula is C20H15N3O4. The summed E-state index contributed by atoms with van der Waals surface area (Å²) in [4.78, 5) is 16.4. The van der Waals surface area contributed by atoms with E-state index < -0.39 is 5.97 Å². The zero-order valence-electron chi connectivity index (χ0n) is 14.3. The molecule has 4 rings (SSSR count). The van der Waals surface area contributed by atoms with Gasteiger partial charge < -0.3 is 14.9 Å². The summed E-state index contributed by atoms with van der Waals surface area (Å²) in [5, 5.41) is 26.7. The minimum atomic E-state index is -1.08. The topological polar surface area (TPSA) is 108 Å². The lowest BCUT2D eigenvalue weighted by molar-refractivity contribution is 0.0699. The van der Waals surface area contributed by atoms with Gasteiger partial charge in [-0.25, -0.2) is 9.78 Å². The highest BCUT2D eigenvalue weighted by Gasteiger charge is 2.20. The Morgan fingerprint density at radius 1 is 1.07 bits per heavy atom. The maximum absolute atomic E-state index is 11.9. The van der Waals surface area contributed by atoms with E-state index in [1.807, 2.05) is 12.1 Å². The number of ether oxygens (including phenoxy) is 1. The number of pyridine rings is 1. The van der Waals surface area contributed by atoms with E-state index in [9.17, 15) is 15.0 Å². The van der Waals surface area contributed by atoms with Crippen LogP contribution in [-0.2, 0) is 0 Å². The van der Waals surface area contributed by atoms with Gasteiger partial charge in [0.15, 0.2) is 5.65 Å². The molecule has 0 bridgehead atoms. The number of phenolic OH excluding ortho intramolecular Hbond substituents is 1. The molecule has 27 heavy (non-hydrogen) atoms. The van der Waals surface area contributed by atoms with Crippen LogP contribution in [0.5, 0.6) is 11.5 Å². The first-order valence-corrected chi connectivity index (χ1v) is 8.13. The Kier molecular flexibility index (Phi) is 3.97. The number of carbonyl (C=O) groups is 1. The first-order valence-electron chi connectivity index (χ1n) is 8.13. The van der Waals surface area contributed by atoms with Crippen molar-refractivity contribution in [2.75, 3.05) is 7.11 Å². The van der Waals surface area contributed by atoms with Gasteiger partial charge in [0.2, 0.25) is 0 Å². The van der Waals surface area contributed by atoms with Crippen LogP contribution in [0.3, 0.4) is 0 Å². The van der Waals surface area contributed by atoms with E-state index in [4.69, 9.17) is 4.74 Å². The van der Waals surface area contributed by atoms with Gasteiger partial charge in [-0.15, -0.1) is 0 Å². The van der Waals surface area contributed by atoms with Gasteiger partial charge in [-0.3, -0.25) is 5.10 Å². The standard InChI is InChI=1S/C20H15N3O4/c1-27-14-4-2-3-12(9-14)18-17-15(20(25)26)10-16(21-19(17)23-22-18)11-5-7-13(24)8-6-11/h2-10,24H,1H3,(H,25,26)(H,21,22,23). The van der Waals surface area contributed by atoms with E-state index >= 15 is 0 Å². The lowest BCUT2D eigenvalue weighted by Gasteiger charge is -2.07. The molecule has 0 radical (unpaired) electrons. The highest BCUT2D eigenvalue weighted by Crippen LogP contribution is 2.33. The molecule has 0 aliphatic rings. The van der Waals surface area contributed by atoms with Gasteiger partial charge in [-0.2, -0.15) is 5.10 Å². The Morgan fingerprint density at radius 2 is 1.85 bits per heavy atom. The first-order chi connectivity index (χ1) is 13.1. The molecule has 0 saturated carbocycles. The summed E-state index contributed by atoms with van der Waals surface area (Å²) in [6.07, 6.45) is 0. The van der Waals surface area contributed by atoms with Crippen LogP contribution >= 0.6 is 0 Å². The molecule has 2 heterocycles. The highest BCUT2D eigenvalue weighted by molar-refractivity contribution is 6.08. The zero-order valence-corrected chi connectivity index (χ0v) is 14.3. The molecule has 7 nitrogen and oxygen atoms in total. The van der Waals surface area contributed by atoms with Crippen LogP contribution < -0.4 is 4.74 Å². The fourth-order valence-electron chi connectivity index (χ4n) is 2.96. The number of aromatic hydroxyl groups is 1. The van der Waals surface area contributed by atoms with Crippen molar-refractivity contribution in [1.82, 2.24) is 15.2 Å². The van der Waals surface area contributed by atoms with Crippen LogP contribution in [0.25, 0.3) is 33.5 Å². The SMILES string of the molecule is COc1cccc(-c2[nH]nc3nc(-c4ccc(O)cc4)cc(C(=O)O)c23)c1. The third kappa shape index (κ3) is 2.95. The van der Waals surface area contributed by atoms with Crippen molar-refractivity contribution in [2.45, 2.75) is 0 Å². The molecule has 0 aliphatic carbocycles. The van der Waals surface area contributed by atoms with Crippen LogP contribution in [0.15, 0.2) is 54.6 Å². The number of aromatic amines is 1. The molecule has 0 spiro atoms. The number of fused-ring (bicyclic) bond motifs is 1. The van der Waals surface area contributed by atoms with Crippen molar-refractivity contribution in [2.24, 2.45) is 0 Å². The molecule has 134 valence electrons. The lowest BCUT2D eigenvalue weighted by atomic mass is 10.0. The number of hydrogen-bond acceptors (Lipinski definition) is 5. The molecule has 0 saturated heterocycles. The normalized spacial score (nSPS) is 10.9. The average Bonchev–Trinajstić information content (AvgIpc) is 3.11. The second kappa shape index (κ2) is 6.45. The minimum absolute atomic E-state index is 0.0923.